The summed E-state index contributed by atoms with van der Waals surface area (Å²) in [6, 6.07) is 25.2. The first kappa shape index (κ1) is 20.3. The van der Waals surface area contributed by atoms with Crippen LogP contribution in [0.25, 0.3) is 11.1 Å². The van der Waals surface area contributed by atoms with Crippen molar-refractivity contribution in [3.05, 3.63) is 95.6 Å². The largest absolute Gasteiger partial charge is 0.448 e. The Morgan fingerprint density at radius 3 is 2.19 bits per heavy atom. The van der Waals surface area contributed by atoms with E-state index in [2.05, 4.69) is 24.3 Å². The van der Waals surface area contributed by atoms with Gasteiger partial charge in [0.2, 0.25) is 0 Å². The topological polar surface area (TPSA) is 65.1 Å². The Labute approximate surface area is 186 Å². The van der Waals surface area contributed by atoms with Gasteiger partial charge in [0.1, 0.15) is 6.61 Å². The summed E-state index contributed by atoms with van der Waals surface area (Å²) < 4.78 is 16.4. The molecule has 162 valence electrons. The summed E-state index contributed by atoms with van der Waals surface area (Å²) >= 11 is 0. The van der Waals surface area contributed by atoms with Crippen molar-refractivity contribution in [3.8, 4) is 11.1 Å². The third-order valence-corrected chi connectivity index (χ3v) is 5.95. The quantitative estimate of drug-likeness (QED) is 0.546. The molecule has 0 radical (unpaired) electrons. The van der Waals surface area contributed by atoms with Crippen molar-refractivity contribution in [1.82, 2.24) is 4.90 Å². The lowest BCUT2D eigenvalue weighted by molar-refractivity contribution is -0.140. The zero-order valence-corrected chi connectivity index (χ0v) is 17.5. The Kier molecular flexibility index (Phi) is 5.60. The van der Waals surface area contributed by atoms with Crippen LogP contribution >= 0.6 is 0 Å². The van der Waals surface area contributed by atoms with E-state index in [9.17, 15) is 9.59 Å². The molecule has 6 heteroatoms. The first-order chi connectivity index (χ1) is 15.7. The fourth-order valence-electron chi connectivity index (χ4n) is 4.32. The summed E-state index contributed by atoms with van der Waals surface area (Å²) in [5, 5.41) is 0. The molecule has 1 amide bonds. The highest BCUT2D eigenvalue weighted by Crippen LogP contribution is 2.44. The monoisotopic (exact) mass is 429 g/mol. The summed E-state index contributed by atoms with van der Waals surface area (Å²) in [6.45, 7) is 0.463. The van der Waals surface area contributed by atoms with Gasteiger partial charge in [0.05, 0.1) is 13.2 Å². The van der Waals surface area contributed by atoms with Gasteiger partial charge < -0.3 is 14.2 Å². The molecule has 1 atom stereocenters. The Balaban J connectivity index is 1.23. The molecular formula is C26H23NO5. The van der Waals surface area contributed by atoms with E-state index in [0.29, 0.717) is 6.61 Å². The number of hydrogen-bond acceptors (Lipinski definition) is 5. The van der Waals surface area contributed by atoms with Gasteiger partial charge in [-0.2, -0.15) is 0 Å². The van der Waals surface area contributed by atoms with Crippen molar-refractivity contribution in [1.29, 1.82) is 0 Å². The van der Waals surface area contributed by atoms with Gasteiger partial charge in [-0.15, -0.1) is 0 Å². The average molecular weight is 429 g/mol. The van der Waals surface area contributed by atoms with Crippen LogP contribution < -0.4 is 0 Å². The van der Waals surface area contributed by atoms with Crippen LogP contribution in [0, 0.1) is 0 Å². The van der Waals surface area contributed by atoms with E-state index in [1.165, 1.54) is 4.90 Å². The highest BCUT2D eigenvalue weighted by atomic mass is 16.6. The molecule has 1 saturated heterocycles. The van der Waals surface area contributed by atoms with Gasteiger partial charge in [0.25, 0.3) is 0 Å². The summed E-state index contributed by atoms with van der Waals surface area (Å²) in [6.07, 6.45) is -0.578. The fourth-order valence-corrected chi connectivity index (χ4v) is 4.32. The van der Waals surface area contributed by atoms with E-state index < -0.39 is 18.1 Å². The van der Waals surface area contributed by atoms with Crippen LogP contribution in [0.1, 0.15) is 22.6 Å². The minimum absolute atomic E-state index is 0.0432. The molecule has 1 fully saturated rings. The Hall–Kier alpha value is -3.64. The second-order valence-corrected chi connectivity index (χ2v) is 7.88. The summed E-state index contributed by atoms with van der Waals surface area (Å²) in [5.74, 6) is -0.523. The van der Waals surface area contributed by atoms with E-state index in [-0.39, 0.29) is 25.9 Å². The number of amides is 1. The maximum atomic E-state index is 12.8. The minimum Gasteiger partial charge on any atom is -0.448 e. The highest BCUT2D eigenvalue weighted by molar-refractivity contribution is 5.84. The van der Waals surface area contributed by atoms with Gasteiger partial charge in [0.15, 0.2) is 12.8 Å². The number of fused-ring (bicyclic) bond motifs is 3. The van der Waals surface area contributed by atoms with E-state index >= 15 is 0 Å². The Morgan fingerprint density at radius 2 is 1.50 bits per heavy atom. The van der Waals surface area contributed by atoms with Crippen molar-refractivity contribution in [3.63, 3.8) is 0 Å². The number of rotatable bonds is 6. The molecule has 0 bridgehead atoms. The molecule has 0 unspecified atom stereocenters. The molecule has 1 heterocycles. The van der Waals surface area contributed by atoms with Gasteiger partial charge in [-0.05, 0) is 27.8 Å². The predicted octanol–water partition coefficient (Wildman–Crippen LogP) is 4.34. The van der Waals surface area contributed by atoms with Gasteiger partial charge >= 0.3 is 12.1 Å². The second-order valence-electron chi connectivity index (χ2n) is 7.88. The van der Waals surface area contributed by atoms with Crippen LogP contribution in [-0.4, -0.2) is 42.9 Å². The standard InChI is InChI=1S/C26H23NO5/c28-25-24(16-30-14-18-8-2-1-3-9-18)27(17-32-25)26(29)31-15-23-21-12-6-4-10-19(21)20-11-5-7-13-22(20)23/h1-13,23-24H,14-17H2/t24-/m0/s1. The van der Waals surface area contributed by atoms with E-state index in [1.54, 1.807) is 0 Å². The van der Waals surface area contributed by atoms with Crippen molar-refractivity contribution >= 4 is 12.1 Å². The van der Waals surface area contributed by atoms with E-state index in [4.69, 9.17) is 14.2 Å². The number of esters is 1. The zero-order valence-electron chi connectivity index (χ0n) is 17.5. The summed E-state index contributed by atoms with van der Waals surface area (Å²) in [5.41, 5.74) is 5.59. The molecule has 1 aliphatic heterocycles. The molecule has 0 saturated carbocycles. The summed E-state index contributed by atoms with van der Waals surface area (Å²) in [7, 11) is 0. The van der Waals surface area contributed by atoms with Crippen LogP contribution in [0.2, 0.25) is 0 Å². The zero-order chi connectivity index (χ0) is 21.9. The normalized spacial score (nSPS) is 17.1. The maximum Gasteiger partial charge on any atom is 0.413 e. The Morgan fingerprint density at radius 1 is 0.875 bits per heavy atom. The highest BCUT2D eigenvalue weighted by Gasteiger charge is 2.39. The van der Waals surface area contributed by atoms with Crippen molar-refractivity contribution in [2.75, 3.05) is 19.9 Å². The summed E-state index contributed by atoms with van der Waals surface area (Å²) in [4.78, 5) is 26.3. The minimum atomic E-state index is -0.811. The molecule has 3 aromatic rings. The maximum absolute atomic E-state index is 12.8. The molecule has 5 rings (SSSR count). The molecule has 6 nitrogen and oxygen atoms in total. The smallest absolute Gasteiger partial charge is 0.413 e. The lowest BCUT2D eigenvalue weighted by Gasteiger charge is -2.21. The molecule has 2 aliphatic rings. The van der Waals surface area contributed by atoms with Crippen LogP contribution in [0.15, 0.2) is 78.9 Å². The van der Waals surface area contributed by atoms with E-state index in [0.717, 1.165) is 27.8 Å². The van der Waals surface area contributed by atoms with Gasteiger partial charge in [-0.25, -0.2) is 9.59 Å². The van der Waals surface area contributed by atoms with E-state index in [1.807, 2.05) is 54.6 Å². The lowest BCUT2D eigenvalue weighted by Crippen LogP contribution is -2.41. The third-order valence-electron chi connectivity index (χ3n) is 5.95. The number of benzene rings is 3. The third kappa shape index (κ3) is 3.85. The number of hydrogen-bond donors (Lipinski definition) is 0. The van der Waals surface area contributed by atoms with Gasteiger partial charge in [-0.3, -0.25) is 4.90 Å². The number of ether oxygens (including phenoxy) is 3. The first-order valence-electron chi connectivity index (χ1n) is 10.6. The predicted molar refractivity (Wildman–Crippen MR) is 118 cm³/mol. The number of carbonyl (C=O) groups excluding carboxylic acids is 2. The van der Waals surface area contributed by atoms with Crippen molar-refractivity contribution < 1.29 is 23.8 Å². The van der Waals surface area contributed by atoms with Gasteiger partial charge in [0, 0.05) is 5.92 Å². The van der Waals surface area contributed by atoms with Gasteiger partial charge in [-0.1, -0.05) is 78.9 Å². The lowest BCUT2D eigenvalue weighted by atomic mass is 9.98. The van der Waals surface area contributed by atoms with Crippen LogP contribution in [0.5, 0.6) is 0 Å². The van der Waals surface area contributed by atoms with Crippen molar-refractivity contribution in [2.24, 2.45) is 0 Å². The molecule has 0 N–H and O–H groups in total. The Bertz CT molecular complexity index is 1080. The average Bonchev–Trinajstić information content (AvgIpc) is 3.36. The van der Waals surface area contributed by atoms with Crippen LogP contribution in [0.3, 0.4) is 0 Å². The molecule has 0 aromatic heterocycles. The first-order valence-corrected chi connectivity index (χ1v) is 10.6. The SMILES string of the molecule is O=C1OCN(C(=O)OCC2c3ccccc3-c3ccccc32)[C@H]1COCc1ccccc1. The second kappa shape index (κ2) is 8.85. The molecule has 3 aromatic carbocycles. The molecular weight excluding hydrogens is 406 g/mol. The molecule has 1 aliphatic carbocycles. The van der Waals surface area contributed by atoms with Crippen LogP contribution in [0.4, 0.5) is 4.79 Å². The molecule has 0 spiro atoms. The number of carbonyl (C=O) groups is 2. The molecule has 32 heavy (non-hydrogen) atoms. The fraction of sp³-hybridized carbons (Fsp3) is 0.231. The number of nitrogens with zero attached hydrogens (tertiary/aromatic N) is 1. The number of cyclic esters (lactones) is 1. The van der Waals surface area contributed by atoms with Crippen LogP contribution in [-0.2, 0) is 25.6 Å². The van der Waals surface area contributed by atoms with Crippen molar-refractivity contribution in [2.45, 2.75) is 18.6 Å².